The van der Waals surface area contributed by atoms with Crippen LogP contribution in [-0.2, 0) is 5.41 Å². The topological polar surface area (TPSA) is 59.4 Å². The second-order valence-electron chi connectivity index (χ2n) is 5.85. The normalized spacial score (nSPS) is 15.8. The Balaban J connectivity index is 1.82. The molecule has 126 valence electrons. The number of hydrogen-bond acceptors (Lipinski definition) is 3. The van der Waals surface area contributed by atoms with Crippen LogP contribution in [0.1, 0.15) is 34.3 Å². The van der Waals surface area contributed by atoms with E-state index in [9.17, 15) is 18.0 Å². The average molecular weight is 337 g/mol. The molecule has 24 heavy (non-hydrogen) atoms. The standard InChI is InChI=1S/C17H14F3NO3/c1-10-8-12(16(6-7-16)17(18,19)20)3-4-13(10)24-14-5-2-11(9-21-14)15(22)23/h2-5,8-9H,6-7H2,1H3,(H,22,23). The highest BCUT2D eigenvalue weighted by Gasteiger charge is 2.64. The third-order valence-electron chi connectivity index (χ3n) is 4.22. The highest BCUT2D eigenvalue weighted by molar-refractivity contribution is 5.87. The first-order valence-corrected chi connectivity index (χ1v) is 7.28. The molecule has 1 fully saturated rings. The van der Waals surface area contributed by atoms with Crippen molar-refractivity contribution < 1.29 is 27.8 Å². The van der Waals surface area contributed by atoms with Crippen molar-refractivity contribution in [2.45, 2.75) is 31.4 Å². The van der Waals surface area contributed by atoms with Crippen LogP contribution >= 0.6 is 0 Å². The van der Waals surface area contributed by atoms with Crippen LogP contribution in [0.15, 0.2) is 36.5 Å². The van der Waals surface area contributed by atoms with Crippen molar-refractivity contribution in [1.82, 2.24) is 4.98 Å². The summed E-state index contributed by atoms with van der Waals surface area (Å²) in [7, 11) is 0. The second kappa shape index (κ2) is 5.51. The Morgan fingerprint density at radius 2 is 1.96 bits per heavy atom. The molecule has 0 aliphatic heterocycles. The predicted molar refractivity (Wildman–Crippen MR) is 79.4 cm³/mol. The fourth-order valence-corrected chi connectivity index (χ4v) is 2.60. The van der Waals surface area contributed by atoms with Gasteiger partial charge in [-0.3, -0.25) is 0 Å². The fraction of sp³-hybridized carbons (Fsp3) is 0.294. The van der Waals surface area contributed by atoms with Crippen molar-refractivity contribution in [1.29, 1.82) is 0 Å². The number of halogens is 3. The minimum absolute atomic E-state index is 0.0234. The van der Waals surface area contributed by atoms with Crippen LogP contribution < -0.4 is 4.74 Å². The molecular weight excluding hydrogens is 323 g/mol. The molecule has 0 spiro atoms. The first-order chi connectivity index (χ1) is 11.2. The van der Waals surface area contributed by atoms with Gasteiger partial charge in [-0.15, -0.1) is 0 Å². The number of rotatable bonds is 4. The molecule has 0 amide bonds. The fourth-order valence-electron chi connectivity index (χ4n) is 2.60. The van der Waals surface area contributed by atoms with Crippen molar-refractivity contribution in [2.75, 3.05) is 0 Å². The lowest BCUT2D eigenvalue weighted by molar-refractivity contribution is -0.160. The first kappa shape index (κ1) is 16.3. The number of aryl methyl sites for hydroxylation is 1. The zero-order chi connectivity index (χ0) is 17.5. The maximum absolute atomic E-state index is 13.2. The summed E-state index contributed by atoms with van der Waals surface area (Å²) in [6, 6.07) is 7.14. The van der Waals surface area contributed by atoms with Crippen molar-refractivity contribution in [3.05, 3.63) is 53.2 Å². The van der Waals surface area contributed by atoms with E-state index in [1.807, 2.05) is 0 Å². The number of carboxylic acid groups (broad SMARTS) is 1. The van der Waals surface area contributed by atoms with Gasteiger partial charge in [0.15, 0.2) is 0 Å². The summed E-state index contributed by atoms with van der Waals surface area (Å²) in [6.07, 6.45) is -2.89. The maximum atomic E-state index is 13.2. The lowest BCUT2D eigenvalue weighted by atomic mass is 9.93. The summed E-state index contributed by atoms with van der Waals surface area (Å²) in [5.41, 5.74) is -0.894. The molecule has 1 aromatic carbocycles. The van der Waals surface area contributed by atoms with Crippen LogP contribution in [0.25, 0.3) is 0 Å². The summed E-state index contributed by atoms with van der Waals surface area (Å²) >= 11 is 0. The largest absolute Gasteiger partial charge is 0.478 e. The lowest BCUT2D eigenvalue weighted by Gasteiger charge is -2.20. The van der Waals surface area contributed by atoms with Crippen LogP contribution in [0.2, 0.25) is 0 Å². The van der Waals surface area contributed by atoms with Gasteiger partial charge >= 0.3 is 12.1 Å². The lowest BCUT2D eigenvalue weighted by Crippen LogP contribution is -2.28. The summed E-state index contributed by atoms with van der Waals surface area (Å²) < 4.78 is 45.1. The number of pyridine rings is 1. The van der Waals surface area contributed by atoms with Gasteiger partial charge in [-0.05, 0) is 43.0 Å². The zero-order valence-corrected chi connectivity index (χ0v) is 12.7. The van der Waals surface area contributed by atoms with Gasteiger partial charge < -0.3 is 9.84 Å². The van der Waals surface area contributed by atoms with E-state index in [-0.39, 0.29) is 29.8 Å². The third-order valence-corrected chi connectivity index (χ3v) is 4.22. The number of alkyl halides is 3. The van der Waals surface area contributed by atoms with Crippen LogP contribution in [0.5, 0.6) is 11.6 Å². The molecule has 1 N–H and O–H groups in total. The maximum Gasteiger partial charge on any atom is 0.398 e. The Hall–Kier alpha value is -2.57. The number of carbonyl (C=O) groups is 1. The van der Waals surface area contributed by atoms with Gasteiger partial charge in [0.25, 0.3) is 0 Å². The highest BCUT2D eigenvalue weighted by atomic mass is 19.4. The molecule has 2 aromatic rings. The van der Waals surface area contributed by atoms with Gasteiger partial charge in [0.1, 0.15) is 5.75 Å². The molecule has 1 aliphatic carbocycles. The first-order valence-electron chi connectivity index (χ1n) is 7.28. The zero-order valence-electron chi connectivity index (χ0n) is 12.7. The minimum atomic E-state index is -4.25. The van der Waals surface area contributed by atoms with Gasteiger partial charge in [0.2, 0.25) is 5.88 Å². The second-order valence-corrected chi connectivity index (χ2v) is 5.85. The molecule has 7 heteroatoms. The monoisotopic (exact) mass is 337 g/mol. The van der Waals surface area contributed by atoms with Gasteiger partial charge in [0, 0.05) is 12.3 Å². The quantitative estimate of drug-likeness (QED) is 0.894. The third kappa shape index (κ3) is 2.81. The smallest absolute Gasteiger partial charge is 0.398 e. The molecule has 1 heterocycles. The van der Waals surface area contributed by atoms with E-state index in [0.29, 0.717) is 11.3 Å². The number of ether oxygens (including phenoxy) is 1. The number of hydrogen-bond donors (Lipinski definition) is 1. The molecule has 1 aliphatic rings. The van der Waals surface area contributed by atoms with Crippen LogP contribution in [0.4, 0.5) is 13.2 Å². The molecule has 0 saturated heterocycles. The molecule has 4 nitrogen and oxygen atoms in total. The van der Waals surface area contributed by atoms with Crippen molar-refractivity contribution in [2.24, 2.45) is 0 Å². The molecule has 0 unspecified atom stereocenters. The predicted octanol–water partition coefficient (Wildman–Crippen LogP) is 4.47. The minimum Gasteiger partial charge on any atom is -0.478 e. The van der Waals surface area contributed by atoms with E-state index < -0.39 is 17.6 Å². The molecule has 0 radical (unpaired) electrons. The summed E-state index contributed by atoms with van der Waals surface area (Å²) in [5.74, 6) is -0.545. The van der Waals surface area contributed by atoms with Crippen molar-refractivity contribution in [3.63, 3.8) is 0 Å². The number of aromatic carboxylic acids is 1. The number of nitrogens with zero attached hydrogens (tertiary/aromatic N) is 1. The van der Waals surface area contributed by atoms with Crippen molar-refractivity contribution in [3.8, 4) is 11.6 Å². The molecule has 0 atom stereocenters. The Labute approximate surface area is 135 Å². The number of benzene rings is 1. The Bertz CT molecular complexity index is 781. The van der Waals surface area contributed by atoms with Gasteiger partial charge in [0.05, 0.1) is 11.0 Å². The Morgan fingerprint density at radius 1 is 1.25 bits per heavy atom. The molecule has 3 rings (SSSR count). The summed E-state index contributed by atoms with van der Waals surface area (Å²) in [4.78, 5) is 14.6. The van der Waals surface area contributed by atoms with Crippen LogP contribution in [0, 0.1) is 6.92 Å². The summed E-state index contributed by atoms with van der Waals surface area (Å²) in [6.45, 7) is 1.66. The molecule has 1 aromatic heterocycles. The number of carboxylic acids is 1. The SMILES string of the molecule is Cc1cc(C2(C(F)(F)F)CC2)ccc1Oc1ccc(C(=O)O)cn1. The van der Waals surface area contributed by atoms with E-state index in [1.165, 1.54) is 30.3 Å². The van der Waals surface area contributed by atoms with E-state index >= 15 is 0 Å². The van der Waals surface area contributed by atoms with Crippen LogP contribution in [-0.4, -0.2) is 22.2 Å². The molecule has 1 saturated carbocycles. The van der Waals surface area contributed by atoms with Gasteiger partial charge in [-0.25, -0.2) is 9.78 Å². The van der Waals surface area contributed by atoms with E-state index in [1.54, 1.807) is 6.92 Å². The molecular formula is C17H14F3NO3. The molecule has 0 bridgehead atoms. The Kier molecular flexibility index (Phi) is 3.74. The number of aromatic nitrogens is 1. The Morgan fingerprint density at radius 3 is 2.42 bits per heavy atom. The highest BCUT2D eigenvalue weighted by Crippen LogP contribution is 2.59. The van der Waals surface area contributed by atoms with Crippen molar-refractivity contribution >= 4 is 5.97 Å². The van der Waals surface area contributed by atoms with Crippen LogP contribution in [0.3, 0.4) is 0 Å². The summed E-state index contributed by atoms with van der Waals surface area (Å²) in [5, 5.41) is 8.82. The van der Waals surface area contributed by atoms with Gasteiger partial charge in [-0.1, -0.05) is 12.1 Å². The van der Waals surface area contributed by atoms with E-state index in [0.717, 1.165) is 6.20 Å². The van der Waals surface area contributed by atoms with Gasteiger partial charge in [-0.2, -0.15) is 13.2 Å². The average Bonchev–Trinajstić information content (AvgIpc) is 3.31. The van der Waals surface area contributed by atoms with E-state index in [4.69, 9.17) is 9.84 Å². The van der Waals surface area contributed by atoms with E-state index in [2.05, 4.69) is 4.98 Å².